The molecule has 0 radical (unpaired) electrons. The summed E-state index contributed by atoms with van der Waals surface area (Å²) in [5.41, 5.74) is 2.28. The monoisotopic (exact) mass is 299 g/mol. The van der Waals surface area contributed by atoms with E-state index in [9.17, 15) is 0 Å². The number of benzene rings is 1. The maximum Gasteiger partial charge on any atom is 0.111 e. The van der Waals surface area contributed by atoms with Crippen LogP contribution in [0.25, 0.3) is 11.0 Å². The van der Waals surface area contributed by atoms with Crippen LogP contribution in [0.15, 0.2) is 41.8 Å². The predicted molar refractivity (Wildman–Crippen MR) is 89.8 cm³/mol. The van der Waals surface area contributed by atoms with Crippen molar-refractivity contribution in [1.29, 1.82) is 0 Å². The number of hydrogen-bond donors (Lipinski definition) is 1. The van der Waals surface area contributed by atoms with Crippen LogP contribution in [0.2, 0.25) is 0 Å². The summed E-state index contributed by atoms with van der Waals surface area (Å²) in [5, 5.41) is 5.79. The minimum Gasteiger partial charge on any atom is -0.331 e. The molecule has 4 heteroatoms. The predicted octanol–water partition coefficient (Wildman–Crippen LogP) is 3.92. The summed E-state index contributed by atoms with van der Waals surface area (Å²) in [6.07, 6.45) is 2.07. The van der Waals surface area contributed by atoms with Gasteiger partial charge in [0, 0.05) is 24.4 Å². The molecule has 1 unspecified atom stereocenters. The number of aryl methyl sites for hydroxylation is 1. The first-order valence-corrected chi connectivity index (χ1v) is 8.34. The van der Waals surface area contributed by atoms with Gasteiger partial charge in [-0.2, -0.15) is 0 Å². The molecule has 3 aromatic rings. The van der Waals surface area contributed by atoms with Crippen LogP contribution in [0.4, 0.5) is 0 Å². The van der Waals surface area contributed by atoms with Crippen LogP contribution in [-0.4, -0.2) is 16.1 Å². The molecule has 0 aliphatic carbocycles. The lowest BCUT2D eigenvalue weighted by Crippen LogP contribution is -2.24. The summed E-state index contributed by atoms with van der Waals surface area (Å²) in [4.78, 5) is 6.18. The number of hydrogen-bond acceptors (Lipinski definition) is 3. The van der Waals surface area contributed by atoms with Crippen LogP contribution in [-0.2, 0) is 13.5 Å². The number of fused-ring (bicyclic) bond motifs is 1. The van der Waals surface area contributed by atoms with E-state index in [1.54, 1.807) is 0 Å². The van der Waals surface area contributed by atoms with Gasteiger partial charge in [-0.1, -0.05) is 25.1 Å². The zero-order valence-corrected chi connectivity index (χ0v) is 13.4. The Labute approximate surface area is 129 Å². The first-order chi connectivity index (χ1) is 10.3. The molecule has 1 aromatic carbocycles. The second-order valence-corrected chi connectivity index (χ2v) is 6.28. The van der Waals surface area contributed by atoms with Crippen molar-refractivity contribution in [3.63, 3.8) is 0 Å². The Morgan fingerprint density at radius 2 is 2.10 bits per heavy atom. The molecule has 3 nitrogen and oxygen atoms in total. The molecule has 1 N–H and O–H groups in total. The smallest absolute Gasteiger partial charge is 0.111 e. The number of imidazole rings is 1. The minimum absolute atomic E-state index is 0.348. The van der Waals surface area contributed by atoms with Gasteiger partial charge in [-0.3, -0.25) is 0 Å². The third-order valence-corrected chi connectivity index (χ3v) is 4.78. The van der Waals surface area contributed by atoms with Crippen LogP contribution >= 0.6 is 11.3 Å². The van der Waals surface area contributed by atoms with Gasteiger partial charge in [-0.05, 0) is 36.5 Å². The van der Waals surface area contributed by atoms with E-state index in [4.69, 9.17) is 4.98 Å². The van der Waals surface area contributed by atoms with Gasteiger partial charge in [0.15, 0.2) is 0 Å². The molecule has 0 spiro atoms. The summed E-state index contributed by atoms with van der Waals surface area (Å²) in [6, 6.07) is 13.0. The van der Waals surface area contributed by atoms with E-state index in [2.05, 4.69) is 59.6 Å². The number of nitrogens with one attached hydrogen (secondary N) is 1. The van der Waals surface area contributed by atoms with Crippen LogP contribution in [0.3, 0.4) is 0 Å². The Bertz CT molecular complexity index is 700. The van der Waals surface area contributed by atoms with E-state index in [0.29, 0.717) is 6.04 Å². The molecule has 21 heavy (non-hydrogen) atoms. The van der Waals surface area contributed by atoms with Gasteiger partial charge < -0.3 is 9.88 Å². The average Bonchev–Trinajstić information content (AvgIpc) is 3.13. The second kappa shape index (κ2) is 6.41. The molecule has 0 aliphatic rings. The maximum absolute atomic E-state index is 4.80. The maximum atomic E-state index is 4.80. The van der Waals surface area contributed by atoms with E-state index < -0.39 is 0 Å². The van der Waals surface area contributed by atoms with Crippen LogP contribution in [0.5, 0.6) is 0 Å². The lowest BCUT2D eigenvalue weighted by atomic mass is 10.1. The Morgan fingerprint density at radius 3 is 2.81 bits per heavy atom. The van der Waals surface area contributed by atoms with Crippen molar-refractivity contribution >= 4 is 22.4 Å². The number of para-hydroxylation sites is 2. The summed E-state index contributed by atoms with van der Waals surface area (Å²) >= 11 is 1.81. The first-order valence-electron chi connectivity index (χ1n) is 7.46. The van der Waals surface area contributed by atoms with E-state index >= 15 is 0 Å². The minimum atomic E-state index is 0.348. The zero-order valence-electron chi connectivity index (χ0n) is 12.5. The van der Waals surface area contributed by atoms with Gasteiger partial charge in [-0.15, -0.1) is 11.3 Å². The van der Waals surface area contributed by atoms with Crippen molar-refractivity contribution in [2.45, 2.75) is 25.8 Å². The molecule has 0 bridgehead atoms. The average molecular weight is 299 g/mol. The molecule has 2 aromatic heterocycles. The number of rotatable bonds is 6. The lowest BCUT2D eigenvalue weighted by molar-refractivity contribution is 0.520. The molecule has 110 valence electrons. The van der Waals surface area contributed by atoms with E-state index in [1.807, 2.05) is 17.4 Å². The number of thiophene rings is 1. The summed E-state index contributed by atoms with van der Waals surface area (Å²) in [5.74, 6) is 1.14. The summed E-state index contributed by atoms with van der Waals surface area (Å²) in [6.45, 7) is 3.24. The van der Waals surface area contributed by atoms with Crippen LogP contribution < -0.4 is 5.32 Å². The molecule has 0 amide bonds. The third kappa shape index (κ3) is 3.01. The SMILES string of the molecule is CCCNC(Cc1nc2ccccc2n1C)c1cccs1. The Balaban J connectivity index is 1.88. The van der Waals surface area contributed by atoms with E-state index in [1.165, 1.54) is 10.4 Å². The highest BCUT2D eigenvalue weighted by Gasteiger charge is 2.16. The number of aromatic nitrogens is 2. The molecular weight excluding hydrogens is 278 g/mol. The van der Waals surface area contributed by atoms with Gasteiger partial charge in [0.25, 0.3) is 0 Å². The molecule has 0 saturated carbocycles. The Morgan fingerprint density at radius 1 is 1.24 bits per heavy atom. The van der Waals surface area contributed by atoms with Crippen molar-refractivity contribution in [1.82, 2.24) is 14.9 Å². The van der Waals surface area contributed by atoms with Gasteiger partial charge in [0.05, 0.1) is 11.0 Å². The van der Waals surface area contributed by atoms with Gasteiger partial charge in [0.2, 0.25) is 0 Å². The van der Waals surface area contributed by atoms with Gasteiger partial charge in [-0.25, -0.2) is 4.98 Å². The van der Waals surface area contributed by atoms with E-state index in [-0.39, 0.29) is 0 Å². The standard InChI is InChI=1S/C17H21N3S/c1-3-10-18-14(16-9-6-11-21-16)12-17-19-13-7-4-5-8-15(13)20(17)2/h4-9,11,14,18H,3,10,12H2,1-2H3. The topological polar surface area (TPSA) is 29.9 Å². The van der Waals surface area contributed by atoms with Crippen molar-refractivity contribution in [3.05, 3.63) is 52.5 Å². The highest BCUT2D eigenvalue weighted by molar-refractivity contribution is 7.10. The van der Waals surface area contributed by atoms with Crippen molar-refractivity contribution in [2.75, 3.05) is 6.54 Å². The van der Waals surface area contributed by atoms with E-state index in [0.717, 1.165) is 30.7 Å². The fraction of sp³-hybridized carbons (Fsp3) is 0.353. The third-order valence-electron chi connectivity index (χ3n) is 3.79. The fourth-order valence-electron chi connectivity index (χ4n) is 2.64. The molecule has 0 aliphatic heterocycles. The second-order valence-electron chi connectivity index (χ2n) is 5.30. The van der Waals surface area contributed by atoms with Crippen LogP contribution in [0, 0.1) is 0 Å². The highest BCUT2D eigenvalue weighted by atomic mass is 32.1. The molecular formula is C17H21N3S. The highest BCUT2D eigenvalue weighted by Crippen LogP contribution is 2.24. The van der Waals surface area contributed by atoms with Gasteiger partial charge in [0.1, 0.15) is 5.82 Å². The Kier molecular flexibility index (Phi) is 4.36. The zero-order chi connectivity index (χ0) is 14.7. The van der Waals surface area contributed by atoms with Gasteiger partial charge >= 0.3 is 0 Å². The quantitative estimate of drug-likeness (QED) is 0.747. The lowest BCUT2D eigenvalue weighted by Gasteiger charge is -2.17. The van der Waals surface area contributed by atoms with Crippen molar-refractivity contribution < 1.29 is 0 Å². The Hall–Kier alpha value is -1.65. The molecule has 0 saturated heterocycles. The fourth-order valence-corrected chi connectivity index (χ4v) is 3.44. The van der Waals surface area contributed by atoms with Crippen LogP contribution in [0.1, 0.15) is 30.1 Å². The summed E-state index contributed by atoms with van der Waals surface area (Å²) < 4.78 is 2.21. The van der Waals surface area contributed by atoms with Crippen molar-refractivity contribution in [2.24, 2.45) is 7.05 Å². The normalized spacial score (nSPS) is 12.9. The number of nitrogens with zero attached hydrogens (tertiary/aromatic N) is 2. The summed E-state index contributed by atoms with van der Waals surface area (Å²) in [7, 11) is 2.11. The van der Waals surface area contributed by atoms with Crippen molar-refractivity contribution in [3.8, 4) is 0 Å². The first kappa shape index (κ1) is 14.3. The molecule has 2 heterocycles. The largest absolute Gasteiger partial charge is 0.331 e. The molecule has 0 fully saturated rings. The molecule has 3 rings (SSSR count). The molecule has 1 atom stereocenters.